The van der Waals surface area contributed by atoms with Crippen LogP contribution in [0.3, 0.4) is 0 Å². The summed E-state index contributed by atoms with van der Waals surface area (Å²) in [5.74, 6) is -0.953. The van der Waals surface area contributed by atoms with Crippen LogP contribution in [0.4, 0.5) is 0 Å². The molecule has 0 aromatic heterocycles. The van der Waals surface area contributed by atoms with E-state index < -0.39 is 32.5 Å². The van der Waals surface area contributed by atoms with Gasteiger partial charge in [0.2, 0.25) is 0 Å². The highest BCUT2D eigenvalue weighted by atomic mass is 31.2. The predicted molar refractivity (Wildman–Crippen MR) is 229 cm³/mol. The minimum atomic E-state index is -4.40. The number of carbonyl (C=O) groups excluding carboxylic acids is 2. The van der Waals surface area contributed by atoms with Crippen molar-refractivity contribution in [3.63, 3.8) is 0 Å². The first-order chi connectivity index (χ1) is 26.8. The van der Waals surface area contributed by atoms with Crippen LogP contribution in [0.15, 0.2) is 72.9 Å². The van der Waals surface area contributed by atoms with E-state index in [1.54, 1.807) is 0 Å². The highest BCUT2D eigenvalue weighted by molar-refractivity contribution is 7.47. The second kappa shape index (κ2) is 41.1. The monoisotopic (exact) mass is 792 g/mol. The van der Waals surface area contributed by atoms with Crippen molar-refractivity contribution in [2.24, 2.45) is 5.73 Å². The molecule has 316 valence electrons. The van der Waals surface area contributed by atoms with Gasteiger partial charge in [0.05, 0.1) is 13.2 Å². The van der Waals surface area contributed by atoms with E-state index in [4.69, 9.17) is 24.3 Å². The lowest BCUT2D eigenvalue weighted by atomic mass is 10.1. The minimum absolute atomic E-state index is 0.0364. The number of hydrogen-bond donors (Lipinski definition) is 2. The maximum Gasteiger partial charge on any atom is 0.472 e. The van der Waals surface area contributed by atoms with Crippen molar-refractivity contribution in [2.45, 2.75) is 174 Å². The van der Waals surface area contributed by atoms with E-state index >= 15 is 0 Å². The summed E-state index contributed by atoms with van der Waals surface area (Å²) in [6.45, 7) is 3.58. The van der Waals surface area contributed by atoms with Crippen LogP contribution in [-0.4, -0.2) is 49.3 Å². The SMILES string of the molecule is CCCCC/C=C/C/C=C/C/C=C/C/C=C/CCCC(=O)O[C@H](COC(=O)CCC/C=C/C/C=C/CCCCCCCCCCC)COP(=O)(O)OCCN. The minimum Gasteiger partial charge on any atom is -0.462 e. The number of ether oxygens (including phenoxy) is 2. The molecule has 0 aliphatic carbocycles. The van der Waals surface area contributed by atoms with Crippen molar-refractivity contribution >= 4 is 19.8 Å². The second-order valence-corrected chi connectivity index (χ2v) is 15.3. The molecule has 0 saturated heterocycles. The maximum absolute atomic E-state index is 12.5. The topological polar surface area (TPSA) is 134 Å². The smallest absolute Gasteiger partial charge is 0.462 e. The zero-order valence-corrected chi connectivity index (χ0v) is 35.5. The summed E-state index contributed by atoms with van der Waals surface area (Å²) >= 11 is 0. The van der Waals surface area contributed by atoms with Crippen molar-refractivity contribution in [1.82, 2.24) is 0 Å². The lowest BCUT2D eigenvalue weighted by Gasteiger charge is -2.19. The Morgan fingerprint density at radius 2 is 0.945 bits per heavy atom. The molecule has 0 rings (SSSR count). The molecule has 0 fully saturated rings. The molecule has 0 bridgehead atoms. The molecule has 0 radical (unpaired) electrons. The number of esters is 2. The molecular weight excluding hydrogens is 713 g/mol. The summed E-state index contributed by atoms with van der Waals surface area (Å²) in [4.78, 5) is 34.8. The van der Waals surface area contributed by atoms with E-state index in [9.17, 15) is 19.0 Å². The van der Waals surface area contributed by atoms with E-state index in [0.717, 1.165) is 38.5 Å². The Morgan fingerprint density at radius 3 is 1.44 bits per heavy atom. The largest absolute Gasteiger partial charge is 0.472 e. The Bertz CT molecular complexity index is 1130. The van der Waals surface area contributed by atoms with E-state index in [1.165, 1.54) is 83.5 Å². The van der Waals surface area contributed by atoms with Crippen LogP contribution >= 0.6 is 7.82 Å². The molecule has 1 unspecified atom stereocenters. The van der Waals surface area contributed by atoms with Gasteiger partial charge in [0.15, 0.2) is 6.10 Å². The fourth-order valence-electron chi connectivity index (χ4n) is 5.37. The van der Waals surface area contributed by atoms with E-state index in [0.29, 0.717) is 19.3 Å². The fraction of sp³-hybridized carbons (Fsp3) is 0.689. The van der Waals surface area contributed by atoms with Crippen LogP contribution in [-0.2, 0) is 32.7 Å². The van der Waals surface area contributed by atoms with Gasteiger partial charge in [-0.25, -0.2) is 4.57 Å². The maximum atomic E-state index is 12.5. The lowest BCUT2D eigenvalue weighted by molar-refractivity contribution is -0.161. The third-order valence-electron chi connectivity index (χ3n) is 8.56. The van der Waals surface area contributed by atoms with Gasteiger partial charge >= 0.3 is 19.8 Å². The van der Waals surface area contributed by atoms with Crippen LogP contribution in [0, 0.1) is 0 Å². The summed E-state index contributed by atoms with van der Waals surface area (Å²) in [6, 6.07) is 0. The van der Waals surface area contributed by atoms with Gasteiger partial charge in [-0.15, -0.1) is 0 Å². The number of rotatable bonds is 39. The Hall–Kier alpha value is -2.55. The van der Waals surface area contributed by atoms with Crippen LogP contribution in [0.1, 0.15) is 168 Å². The first kappa shape index (κ1) is 52.5. The molecule has 0 amide bonds. The average Bonchev–Trinajstić information content (AvgIpc) is 3.17. The molecule has 9 nitrogen and oxygen atoms in total. The number of unbranched alkanes of at least 4 members (excludes halogenated alkanes) is 14. The van der Waals surface area contributed by atoms with Gasteiger partial charge in [-0.05, 0) is 77.0 Å². The third-order valence-corrected chi connectivity index (χ3v) is 9.55. The summed E-state index contributed by atoms with van der Waals surface area (Å²) in [5.41, 5.74) is 5.34. The van der Waals surface area contributed by atoms with Gasteiger partial charge in [-0.3, -0.25) is 18.6 Å². The van der Waals surface area contributed by atoms with E-state index in [1.807, 2.05) is 6.08 Å². The highest BCUT2D eigenvalue weighted by Crippen LogP contribution is 2.43. The first-order valence-corrected chi connectivity index (χ1v) is 22.9. The molecule has 0 aliphatic rings. The Balaban J connectivity index is 4.34. The Labute approximate surface area is 335 Å². The molecule has 10 heteroatoms. The van der Waals surface area contributed by atoms with Gasteiger partial charge in [0, 0.05) is 19.4 Å². The van der Waals surface area contributed by atoms with Crippen molar-refractivity contribution in [3.8, 4) is 0 Å². The molecule has 0 aromatic rings. The summed E-state index contributed by atoms with van der Waals surface area (Å²) in [6.07, 6.45) is 49.5. The lowest BCUT2D eigenvalue weighted by Crippen LogP contribution is -2.29. The number of carbonyl (C=O) groups is 2. The molecule has 0 heterocycles. The van der Waals surface area contributed by atoms with Crippen LogP contribution < -0.4 is 5.73 Å². The zero-order chi connectivity index (χ0) is 40.3. The van der Waals surface area contributed by atoms with Crippen molar-refractivity contribution in [2.75, 3.05) is 26.4 Å². The average molecular weight is 792 g/mol. The summed E-state index contributed by atoms with van der Waals surface area (Å²) in [5, 5.41) is 0. The third kappa shape index (κ3) is 40.9. The summed E-state index contributed by atoms with van der Waals surface area (Å²) < 4.78 is 32.6. The fourth-order valence-corrected chi connectivity index (χ4v) is 6.14. The van der Waals surface area contributed by atoms with Crippen molar-refractivity contribution in [3.05, 3.63) is 72.9 Å². The second-order valence-electron chi connectivity index (χ2n) is 13.8. The molecule has 2 atom stereocenters. The molecule has 0 spiro atoms. The van der Waals surface area contributed by atoms with Gasteiger partial charge in [0.25, 0.3) is 0 Å². The number of phosphoric acid groups is 1. The molecule has 0 aromatic carbocycles. The van der Waals surface area contributed by atoms with Gasteiger partial charge in [-0.2, -0.15) is 0 Å². The zero-order valence-electron chi connectivity index (χ0n) is 34.6. The Morgan fingerprint density at radius 1 is 0.545 bits per heavy atom. The van der Waals surface area contributed by atoms with E-state index in [-0.39, 0.29) is 32.6 Å². The number of allylic oxidation sites excluding steroid dienone is 12. The normalized spacial score (nSPS) is 14.0. The Kier molecular flexibility index (Phi) is 39.2. The van der Waals surface area contributed by atoms with Crippen LogP contribution in [0.2, 0.25) is 0 Å². The first-order valence-electron chi connectivity index (χ1n) is 21.4. The quantitative estimate of drug-likeness (QED) is 0.0270. The number of nitrogens with two attached hydrogens (primary N) is 1. The van der Waals surface area contributed by atoms with Crippen molar-refractivity contribution < 1.29 is 37.6 Å². The predicted octanol–water partition coefficient (Wildman–Crippen LogP) is 12.3. The van der Waals surface area contributed by atoms with Gasteiger partial charge in [0.1, 0.15) is 6.61 Å². The molecule has 0 saturated carbocycles. The van der Waals surface area contributed by atoms with Crippen molar-refractivity contribution in [1.29, 1.82) is 0 Å². The molecule has 55 heavy (non-hydrogen) atoms. The molecular formula is C45H78NO8P. The summed E-state index contributed by atoms with van der Waals surface area (Å²) in [7, 11) is -4.40. The number of phosphoric ester groups is 1. The molecule has 3 N–H and O–H groups in total. The van der Waals surface area contributed by atoms with Crippen LogP contribution in [0.25, 0.3) is 0 Å². The van der Waals surface area contributed by atoms with Gasteiger partial charge in [-0.1, -0.05) is 151 Å². The molecule has 0 aliphatic heterocycles. The standard InChI is InChI=1S/C45H78NO8P/c1-3-5-7-9-11-13-15-17-19-21-23-25-27-29-31-33-35-37-44(47)51-41-43(42-53-55(49,50)52-40-39-46)54-45(48)38-36-34-32-30-28-26-24-22-20-18-16-14-12-10-8-6-4-2/h12,14,18,20,23-26,29-32,43H,3-11,13,15-17,19,21-22,27-28,33-42,46H2,1-2H3,(H,49,50)/b14-12+,20-18+,25-23+,26-24+,31-29+,32-30+/t43-/m1/s1. The van der Waals surface area contributed by atoms with Crippen LogP contribution in [0.5, 0.6) is 0 Å². The van der Waals surface area contributed by atoms with Gasteiger partial charge < -0.3 is 20.1 Å². The van der Waals surface area contributed by atoms with E-state index in [2.05, 4.69) is 80.7 Å². The highest BCUT2D eigenvalue weighted by Gasteiger charge is 2.25. The number of hydrogen-bond acceptors (Lipinski definition) is 8.